The lowest BCUT2D eigenvalue weighted by Crippen LogP contribution is -2.30. The number of aromatic nitrogens is 2. The van der Waals surface area contributed by atoms with Gasteiger partial charge in [-0.3, -0.25) is 9.36 Å². The molecule has 10 heteroatoms. The highest BCUT2D eigenvalue weighted by molar-refractivity contribution is 6.31. The lowest BCUT2D eigenvalue weighted by Gasteiger charge is -2.11. The predicted octanol–water partition coefficient (Wildman–Crippen LogP) is 3.20. The molecule has 0 saturated heterocycles. The highest BCUT2D eigenvalue weighted by atomic mass is 35.5. The number of hydrogen-bond donors (Lipinski definition) is 1. The van der Waals surface area contributed by atoms with E-state index in [0.29, 0.717) is 13.1 Å². The number of carbonyl (C=O) groups excluding carboxylic acids is 1. The average Bonchev–Trinajstić information content (AvgIpc) is 3.16. The first-order valence-corrected chi connectivity index (χ1v) is 9.66. The molecular formula is C21H17ClF2N4O3. The van der Waals surface area contributed by atoms with Crippen molar-refractivity contribution >= 4 is 17.6 Å². The number of nitrogens with zero attached hydrogens (tertiary/aromatic N) is 3. The van der Waals surface area contributed by atoms with Gasteiger partial charge in [0.15, 0.2) is 5.02 Å². The molecule has 0 fully saturated rings. The SMILES string of the molecule is NC(=O)N1Cc2ccc(Cn3cnc(OCc4ccc(F)cc4F)c(Cl)c3=O)cc2C1. The normalized spacial score (nSPS) is 12.7. The Bertz CT molecular complexity index is 1230. The van der Waals surface area contributed by atoms with E-state index >= 15 is 0 Å². The third kappa shape index (κ3) is 4.36. The molecule has 0 unspecified atom stereocenters. The molecule has 31 heavy (non-hydrogen) atoms. The van der Waals surface area contributed by atoms with Gasteiger partial charge in [0.25, 0.3) is 5.56 Å². The largest absolute Gasteiger partial charge is 0.471 e. The van der Waals surface area contributed by atoms with E-state index in [0.717, 1.165) is 28.8 Å². The summed E-state index contributed by atoms with van der Waals surface area (Å²) < 4.78 is 33.4. The molecule has 2 heterocycles. The fourth-order valence-corrected chi connectivity index (χ4v) is 3.56. The summed E-state index contributed by atoms with van der Waals surface area (Å²) in [5.41, 5.74) is 7.71. The zero-order chi connectivity index (χ0) is 22.1. The number of amides is 2. The van der Waals surface area contributed by atoms with Crippen molar-refractivity contribution in [2.75, 3.05) is 0 Å². The van der Waals surface area contributed by atoms with Gasteiger partial charge in [0.05, 0.1) is 6.54 Å². The van der Waals surface area contributed by atoms with Crippen LogP contribution in [0.15, 0.2) is 47.5 Å². The Morgan fingerprint density at radius 1 is 1.16 bits per heavy atom. The molecule has 160 valence electrons. The highest BCUT2D eigenvalue weighted by Gasteiger charge is 2.21. The van der Waals surface area contributed by atoms with Gasteiger partial charge >= 0.3 is 6.03 Å². The van der Waals surface area contributed by atoms with Crippen LogP contribution in [0.25, 0.3) is 0 Å². The van der Waals surface area contributed by atoms with Crippen LogP contribution in [0, 0.1) is 11.6 Å². The number of ether oxygens (including phenoxy) is 1. The van der Waals surface area contributed by atoms with Crippen molar-refractivity contribution in [2.45, 2.75) is 26.2 Å². The van der Waals surface area contributed by atoms with E-state index in [1.165, 1.54) is 21.9 Å². The minimum Gasteiger partial charge on any atom is -0.471 e. The summed E-state index contributed by atoms with van der Waals surface area (Å²) in [6.07, 6.45) is 1.29. The molecule has 1 aliphatic rings. The first-order chi connectivity index (χ1) is 14.8. The van der Waals surface area contributed by atoms with Gasteiger partial charge in [-0.15, -0.1) is 0 Å². The first-order valence-electron chi connectivity index (χ1n) is 9.28. The minimum absolute atomic E-state index is 0.103. The van der Waals surface area contributed by atoms with E-state index in [2.05, 4.69) is 4.98 Å². The zero-order valence-electron chi connectivity index (χ0n) is 16.1. The molecule has 2 N–H and O–H groups in total. The molecule has 0 spiro atoms. The van der Waals surface area contributed by atoms with E-state index in [9.17, 15) is 18.4 Å². The van der Waals surface area contributed by atoms with Crippen molar-refractivity contribution in [1.82, 2.24) is 14.5 Å². The number of fused-ring (bicyclic) bond motifs is 1. The van der Waals surface area contributed by atoms with Crippen molar-refractivity contribution in [3.8, 4) is 5.88 Å². The Morgan fingerprint density at radius 3 is 2.68 bits per heavy atom. The molecule has 0 radical (unpaired) electrons. The van der Waals surface area contributed by atoms with Crippen LogP contribution in [0.3, 0.4) is 0 Å². The van der Waals surface area contributed by atoms with Gasteiger partial charge in [0, 0.05) is 24.7 Å². The summed E-state index contributed by atoms with van der Waals surface area (Å²) in [4.78, 5) is 29.5. The van der Waals surface area contributed by atoms with Gasteiger partial charge in [0.1, 0.15) is 24.6 Å². The van der Waals surface area contributed by atoms with Crippen molar-refractivity contribution in [1.29, 1.82) is 0 Å². The molecule has 2 amide bonds. The monoisotopic (exact) mass is 446 g/mol. The quantitative estimate of drug-likeness (QED) is 0.651. The second-order valence-electron chi connectivity index (χ2n) is 7.12. The molecule has 2 aromatic carbocycles. The second-order valence-corrected chi connectivity index (χ2v) is 7.50. The Labute approximate surface area is 180 Å². The van der Waals surface area contributed by atoms with Crippen molar-refractivity contribution in [3.05, 3.63) is 92.0 Å². The summed E-state index contributed by atoms with van der Waals surface area (Å²) in [6, 6.07) is 8.25. The van der Waals surface area contributed by atoms with Crippen molar-refractivity contribution < 1.29 is 18.3 Å². The third-order valence-electron chi connectivity index (χ3n) is 4.99. The van der Waals surface area contributed by atoms with Crippen LogP contribution in [0.4, 0.5) is 13.6 Å². The fraction of sp³-hybridized carbons (Fsp3) is 0.190. The summed E-state index contributed by atoms with van der Waals surface area (Å²) in [5.74, 6) is -1.61. The smallest absolute Gasteiger partial charge is 0.315 e. The number of carbonyl (C=O) groups is 1. The minimum atomic E-state index is -0.768. The number of hydrogen-bond acceptors (Lipinski definition) is 4. The van der Waals surface area contributed by atoms with Gasteiger partial charge in [-0.2, -0.15) is 0 Å². The Balaban J connectivity index is 1.49. The highest BCUT2D eigenvalue weighted by Crippen LogP contribution is 2.24. The lowest BCUT2D eigenvalue weighted by molar-refractivity contribution is 0.208. The lowest BCUT2D eigenvalue weighted by atomic mass is 10.1. The van der Waals surface area contributed by atoms with Crippen LogP contribution in [-0.2, 0) is 26.2 Å². The van der Waals surface area contributed by atoms with Crippen LogP contribution in [-0.4, -0.2) is 20.5 Å². The Hall–Kier alpha value is -3.46. The van der Waals surface area contributed by atoms with Gasteiger partial charge in [-0.1, -0.05) is 29.8 Å². The molecule has 0 saturated carbocycles. The first kappa shape index (κ1) is 20.8. The summed E-state index contributed by atoms with van der Waals surface area (Å²) in [5, 5.41) is -0.244. The van der Waals surface area contributed by atoms with Crippen molar-refractivity contribution in [2.24, 2.45) is 5.73 Å². The molecular weight excluding hydrogens is 430 g/mol. The Kier molecular flexibility index (Phi) is 5.60. The molecule has 0 atom stereocenters. The summed E-state index contributed by atoms with van der Waals surface area (Å²) in [6.45, 7) is 0.823. The molecule has 3 aromatic rings. The summed E-state index contributed by atoms with van der Waals surface area (Å²) >= 11 is 6.11. The van der Waals surface area contributed by atoms with Crippen LogP contribution < -0.4 is 16.0 Å². The van der Waals surface area contributed by atoms with Crippen LogP contribution in [0.1, 0.15) is 22.3 Å². The van der Waals surface area contributed by atoms with Crippen molar-refractivity contribution in [3.63, 3.8) is 0 Å². The zero-order valence-corrected chi connectivity index (χ0v) is 16.9. The molecule has 0 bridgehead atoms. The fourth-order valence-electron chi connectivity index (χ4n) is 3.35. The summed E-state index contributed by atoms with van der Waals surface area (Å²) in [7, 11) is 0. The van der Waals surface area contributed by atoms with Crippen LogP contribution in [0.5, 0.6) is 5.88 Å². The number of rotatable bonds is 5. The molecule has 1 aromatic heterocycles. The third-order valence-corrected chi connectivity index (χ3v) is 5.31. The van der Waals surface area contributed by atoms with E-state index in [1.54, 1.807) is 0 Å². The number of benzene rings is 2. The number of primary amides is 1. The predicted molar refractivity (Wildman–Crippen MR) is 109 cm³/mol. The maximum absolute atomic E-state index is 13.7. The maximum atomic E-state index is 13.7. The number of halogens is 3. The van der Waals surface area contributed by atoms with Crippen LogP contribution >= 0.6 is 11.6 Å². The van der Waals surface area contributed by atoms with E-state index < -0.39 is 23.2 Å². The molecule has 7 nitrogen and oxygen atoms in total. The van der Waals surface area contributed by atoms with E-state index in [-0.39, 0.29) is 29.6 Å². The second kappa shape index (κ2) is 8.35. The Morgan fingerprint density at radius 2 is 1.94 bits per heavy atom. The topological polar surface area (TPSA) is 90.5 Å². The molecule has 4 rings (SSSR count). The standard InChI is InChI=1S/C21H17ClF2N4O3/c22-18-19(31-10-14-3-4-16(23)6-17(14)24)26-11-28(20(18)29)7-12-1-2-13-8-27(21(25)30)9-15(13)5-12/h1-6,11H,7-10H2,(H2,25,30). The van der Waals surface area contributed by atoms with Crippen LogP contribution in [0.2, 0.25) is 5.02 Å². The van der Waals surface area contributed by atoms with Gasteiger partial charge in [-0.05, 0) is 28.8 Å². The van der Waals surface area contributed by atoms with Gasteiger partial charge < -0.3 is 15.4 Å². The van der Waals surface area contributed by atoms with E-state index in [4.69, 9.17) is 22.1 Å². The number of nitrogens with two attached hydrogens (primary N) is 1. The maximum Gasteiger partial charge on any atom is 0.315 e. The van der Waals surface area contributed by atoms with Gasteiger partial charge in [-0.25, -0.2) is 18.6 Å². The molecule has 0 aliphatic carbocycles. The average molecular weight is 447 g/mol. The number of urea groups is 1. The van der Waals surface area contributed by atoms with Gasteiger partial charge in [0.2, 0.25) is 5.88 Å². The van der Waals surface area contributed by atoms with E-state index in [1.807, 2.05) is 18.2 Å². The molecule has 1 aliphatic heterocycles.